The first-order valence-corrected chi connectivity index (χ1v) is 4.38. The second-order valence-electron chi connectivity index (χ2n) is 2.24. The maximum atomic E-state index is 10.6. The average Bonchev–Trinajstić information content (AvgIpc) is 2.03. The van der Waals surface area contributed by atoms with Gasteiger partial charge in [-0.1, -0.05) is 12.7 Å². The molecule has 3 heteroatoms. The number of aromatic carboxylic acids is 1. The molecule has 0 saturated carbocycles. The van der Waals surface area contributed by atoms with E-state index < -0.39 is 5.97 Å². The Labute approximate surface area is 84.1 Å². The number of rotatable bonds is 2. The van der Waals surface area contributed by atoms with Crippen LogP contribution in [0.5, 0.6) is 0 Å². The van der Waals surface area contributed by atoms with Crippen molar-refractivity contribution in [3.05, 3.63) is 39.5 Å². The van der Waals surface area contributed by atoms with E-state index >= 15 is 0 Å². The van der Waals surface area contributed by atoms with Crippen LogP contribution in [0, 0.1) is 3.57 Å². The summed E-state index contributed by atoms with van der Waals surface area (Å²) in [4.78, 5) is 10.6. The number of hydrogen-bond donors (Lipinski definition) is 1. The van der Waals surface area contributed by atoms with Crippen molar-refractivity contribution in [2.75, 3.05) is 0 Å². The van der Waals surface area contributed by atoms with Gasteiger partial charge < -0.3 is 5.11 Å². The topological polar surface area (TPSA) is 37.3 Å². The molecule has 0 aromatic heterocycles. The molecule has 0 aliphatic rings. The molecule has 0 unspecified atom stereocenters. The van der Waals surface area contributed by atoms with E-state index in [0.29, 0.717) is 11.1 Å². The van der Waals surface area contributed by atoms with Gasteiger partial charge in [0.1, 0.15) is 0 Å². The summed E-state index contributed by atoms with van der Waals surface area (Å²) in [5, 5.41) is 8.74. The number of benzene rings is 1. The van der Waals surface area contributed by atoms with Crippen LogP contribution in [0.2, 0.25) is 0 Å². The van der Waals surface area contributed by atoms with Crippen LogP contribution >= 0.6 is 22.6 Å². The Morgan fingerprint density at radius 2 is 2.25 bits per heavy atom. The van der Waals surface area contributed by atoms with Crippen LogP contribution < -0.4 is 0 Å². The molecule has 1 rings (SSSR count). The van der Waals surface area contributed by atoms with Gasteiger partial charge in [-0.3, -0.25) is 0 Å². The number of carboxylic acid groups (broad SMARTS) is 1. The predicted molar refractivity (Wildman–Crippen MR) is 56.2 cm³/mol. The smallest absolute Gasteiger partial charge is 0.336 e. The number of halogens is 1. The fraction of sp³-hybridized carbons (Fsp3) is 0. The van der Waals surface area contributed by atoms with Crippen LogP contribution in [0.15, 0.2) is 24.8 Å². The molecule has 12 heavy (non-hydrogen) atoms. The lowest BCUT2D eigenvalue weighted by atomic mass is 10.1. The SMILES string of the molecule is C=Cc1cc(I)ccc1C(=O)O. The van der Waals surface area contributed by atoms with Gasteiger partial charge in [0.25, 0.3) is 0 Å². The lowest BCUT2D eigenvalue weighted by molar-refractivity contribution is 0.0696. The molecule has 0 heterocycles. The van der Waals surface area contributed by atoms with Gasteiger partial charge in [-0.05, 0) is 46.4 Å². The van der Waals surface area contributed by atoms with Crippen molar-refractivity contribution >= 4 is 34.6 Å². The van der Waals surface area contributed by atoms with E-state index in [2.05, 4.69) is 29.2 Å². The molecule has 2 nitrogen and oxygen atoms in total. The van der Waals surface area contributed by atoms with Crippen molar-refractivity contribution in [3.8, 4) is 0 Å². The average molecular weight is 274 g/mol. The van der Waals surface area contributed by atoms with Gasteiger partial charge in [0.05, 0.1) is 5.56 Å². The lowest BCUT2D eigenvalue weighted by Gasteiger charge is -2.00. The van der Waals surface area contributed by atoms with E-state index in [1.54, 1.807) is 24.3 Å². The molecular weight excluding hydrogens is 267 g/mol. The summed E-state index contributed by atoms with van der Waals surface area (Å²) >= 11 is 2.13. The van der Waals surface area contributed by atoms with Crippen LogP contribution in [0.25, 0.3) is 6.08 Å². The summed E-state index contributed by atoms with van der Waals surface area (Å²) in [6.07, 6.45) is 1.55. The third kappa shape index (κ3) is 1.85. The lowest BCUT2D eigenvalue weighted by Crippen LogP contribution is -1.99. The minimum atomic E-state index is -0.915. The van der Waals surface area contributed by atoms with Gasteiger partial charge in [0.2, 0.25) is 0 Å². The zero-order valence-electron chi connectivity index (χ0n) is 6.25. The first-order chi connectivity index (χ1) is 5.65. The van der Waals surface area contributed by atoms with E-state index in [9.17, 15) is 4.79 Å². The Bertz CT molecular complexity index is 331. The minimum absolute atomic E-state index is 0.297. The van der Waals surface area contributed by atoms with Gasteiger partial charge in [0.15, 0.2) is 0 Å². The summed E-state index contributed by atoms with van der Waals surface area (Å²) in [7, 11) is 0. The van der Waals surface area contributed by atoms with E-state index in [4.69, 9.17) is 5.11 Å². The zero-order valence-corrected chi connectivity index (χ0v) is 8.41. The molecule has 0 atom stereocenters. The van der Waals surface area contributed by atoms with Crippen LogP contribution in [0.3, 0.4) is 0 Å². The molecule has 1 N–H and O–H groups in total. The normalized spacial score (nSPS) is 9.42. The molecule has 0 bridgehead atoms. The van der Waals surface area contributed by atoms with E-state index in [1.165, 1.54) is 0 Å². The van der Waals surface area contributed by atoms with Gasteiger partial charge in [-0.25, -0.2) is 4.79 Å². The molecule has 0 fully saturated rings. The summed E-state index contributed by atoms with van der Waals surface area (Å²) < 4.78 is 1.01. The number of carboxylic acids is 1. The van der Waals surface area contributed by atoms with Gasteiger partial charge in [0, 0.05) is 3.57 Å². The molecular formula is C9H7IO2. The minimum Gasteiger partial charge on any atom is -0.478 e. The van der Waals surface area contributed by atoms with Crippen LogP contribution in [0.4, 0.5) is 0 Å². The number of hydrogen-bond acceptors (Lipinski definition) is 1. The first-order valence-electron chi connectivity index (χ1n) is 3.30. The fourth-order valence-electron chi connectivity index (χ4n) is 0.897. The summed E-state index contributed by atoms with van der Waals surface area (Å²) in [6, 6.07) is 5.13. The summed E-state index contributed by atoms with van der Waals surface area (Å²) in [5.41, 5.74) is 0.958. The molecule has 1 aromatic carbocycles. The van der Waals surface area contributed by atoms with E-state index in [-0.39, 0.29) is 0 Å². The molecule has 1 aromatic rings. The van der Waals surface area contributed by atoms with Crippen LogP contribution in [-0.2, 0) is 0 Å². The quantitative estimate of drug-likeness (QED) is 0.842. The van der Waals surface area contributed by atoms with Crippen molar-refractivity contribution in [2.45, 2.75) is 0 Å². The summed E-state index contributed by atoms with van der Waals surface area (Å²) in [6.45, 7) is 3.55. The highest BCUT2D eigenvalue weighted by molar-refractivity contribution is 14.1. The molecule has 62 valence electrons. The standard InChI is InChI=1S/C9H7IO2/c1-2-6-5-7(10)3-4-8(6)9(11)12/h2-5H,1H2,(H,11,12). The highest BCUT2D eigenvalue weighted by atomic mass is 127. The Morgan fingerprint density at radius 1 is 1.58 bits per heavy atom. The van der Waals surface area contributed by atoms with E-state index in [1.807, 2.05) is 0 Å². The molecule has 0 aliphatic carbocycles. The Morgan fingerprint density at radius 3 is 2.75 bits per heavy atom. The van der Waals surface area contributed by atoms with Crippen molar-refractivity contribution in [1.29, 1.82) is 0 Å². The Balaban J connectivity index is 3.29. The van der Waals surface area contributed by atoms with Crippen molar-refractivity contribution in [2.24, 2.45) is 0 Å². The monoisotopic (exact) mass is 274 g/mol. The molecule has 0 spiro atoms. The van der Waals surface area contributed by atoms with Gasteiger partial charge in [-0.15, -0.1) is 0 Å². The third-order valence-corrected chi connectivity index (χ3v) is 2.13. The molecule has 0 aliphatic heterocycles. The summed E-state index contributed by atoms with van der Waals surface area (Å²) in [5.74, 6) is -0.915. The predicted octanol–water partition coefficient (Wildman–Crippen LogP) is 2.63. The van der Waals surface area contributed by atoms with Crippen molar-refractivity contribution in [1.82, 2.24) is 0 Å². The second-order valence-corrected chi connectivity index (χ2v) is 3.49. The highest BCUT2D eigenvalue weighted by Crippen LogP contribution is 2.14. The Hall–Kier alpha value is -0.840. The maximum Gasteiger partial charge on any atom is 0.336 e. The van der Waals surface area contributed by atoms with Crippen LogP contribution in [0.1, 0.15) is 15.9 Å². The maximum absolute atomic E-state index is 10.6. The van der Waals surface area contributed by atoms with Crippen molar-refractivity contribution in [3.63, 3.8) is 0 Å². The van der Waals surface area contributed by atoms with Gasteiger partial charge in [-0.2, -0.15) is 0 Å². The first kappa shape index (κ1) is 9.25. The van der Waals surface area contributed by atoms with Crippen molar-refractivity contribution < 1.29 is 9.90 Å². The van der Waals surface area contributed by atoms with Crippen LogP contribution in [-0.4, -0.2) is 11.1 Å². The Kier molecular flexibility index (Phi) is 2.86. The number of carbonyl (C=O) groups is 1. The highest BCUT2D eigenvalue weighted by Gasteiger charge is 2.06. The second kappa shape index (κ2) is 3.71. The fourth-order valence-corrected chi connectivity index (χ4v) is 1.41. The zero-order chi connectivity index (χ0) is 9.14. The molecule has 0 saturated heterocycles. The molecule has 0 amide bonds. The van der Waals surface area contributed by atoms with E-state index in [0.717, 1.165) is 3.57 Å². The third-order valence-electron chi connectivity index (χ3n) is 1.46. The molecule has 0 radical (unpaired) electrons. The van der Waals surface area contributed by atoms with Gasteiger partial charge >= 0.3 is 5.97 Å². The largest absolute Gasteiger partial charge is 0.478 e.